The minimum Gasteiger partial charge on any atom is -0.494 e. The fourth-order valence-corrected chi connectivity index (χ4v) is 3.08. The molecule has 0 bridgehead atoms. The molecule has 19 heavy (non-hydrogen) atoms. The molecule has 0 fully saturated rings. The van der Waals surface area contributed by atoms with E-state index in [0.29, 0.717) is 12.4 Å². The van der Waals surface area contributed by atoms with Crippen molar-refractivity contribution >= 4 is 10.0 Å². The normalized spacial score (nSPS) is 12.5. The van der Waals surface area contributed by atoms with Gasteiger partial charge >= 0.3 is 0 Å². The summed E-state index contributed by atoms with van der Waals surface area (Å²) in [6.45, 7) is 7.96. The SMILES string of the molecule is CCOc1ccc(S(=O)(=O)NC(C)(C)CN)cc1C. The van der Waals surface area contributed by atoms with Gasteiger partial charge in [-0.05, 0) is 51.5 Å². The highest BCUT2D eigenvalue weighted by atomic mass is 32.2. The van der Waals surface area contributed by atoms with Gasteiger partial charge in [-0.3, -0.25) is 0 Å². The van der Waals surface area contributed by atoms with Gasteiger partial charge in [0.05, 0.1) is 11.5 Å². The lowest BCUT2D eigenvalue weighted by Crippen LogP contribution is -2.48. The third-order valence-electron chi connectivity index (χ3n) is 2.68. The molecule has 3 N–H and O–H groups in total. The van der Waals surface area contributed by atoms with Crippen molar-refractivity contribution in [3.05, 3.63) is 23.8 Å². The predicted octanol–water partition coefficient (Wildman–Crippen LogP) is 1.41. The zero-order chi connectivity index (χ0) is 14.7. The van der Waals surface area contributed by atoms with Crippen LogP contribution >= 0.6 is 0 Å². The first-order valence-electron chi connectivity index (χ1n) is 6.19. The molecule has 0 aromatic heterocycles. The van der Waals surface area contributed by atoms with Crippen molar-refractivity contribution in [1.82, 2.24) is 4.72 Å². The summed E-state index contributed by atoms with van der Waals surface area (Å²) < 4.78 is 32.4. The van der Waals surface area contributed by atoms with E-state index in [-0.39, 0.29) is 11.4 Å². The van der Waals surface area contributed by atoms with Crippen molar-refractivity contribution in [3.8, 4) is 5.75 Å². The highest BCUT2D eigenvalue weighted by Gasteiger charge is 2.25. The average molecular weight is 286 g/mol. The van der Waals surface area contributed by atoms with Crippen LogP contribution in [0.1, 0.15) is 26.3 Å². The highest BCUT2D eigenvalue weighted by molar-refractivity contribution is 7.89. The second-order valence-corrected chi connectivity index (χ2v) is 6.74. The van der Waals surface area contributed by atoms with Gasteiger partial charge in [-0.15, -0.1) is 0 Å². The van der Waals surface area contributed by atoms with E-state index in [0.717, 1.165) is 5.56 Å². The summed E-state index contributed by atoms with van der Waals surface area (Å²) in [4.78, 5) is 0.218. The number of nitrogens with one attached hydrogen (secondary N) is 1. The number of benzene rings is 1. The Morgan fingerprint density at radius 1 is 1.37 bits per heavy atom. The number of aryl methyl sites for hydroxylation is 1. The number of nitrogens with two attached hydrogens (primary N) is 1. The lowest BCUT2D eigenvalue weighted by molar-refractivity contribution is 0.337. The van der Waals surface area contributed by atoms with E-state index >= 15 is 0 Å². The summed E-state index contributed by atoms with van der Waals surface area (Å²) in [5.41, 5.74) is 5.65. The smallest absolute Gasteiger partial charge is 0.241 e. The lowest BCUT2D eigenvalue weighted by atomic mass is 10.1. The molecule has 0 atom stereocenters. The maximum Gasteiger partial charge on any atom is 0.241 e. The summed E-state index contributed by atoms with van der Waals surface area (Å²) in [5.74, 6) is 0.694. The van der Waals surface area contributed by atoms with Crippen LogP contribution in [0.25, 0.3) is 0 Å². The molecule has 0 aliphatic rings. The summed E-state index contributed by atoms with van der Waals surface area (Å²) >= 11 is 0. The minimum atomic E-state index is -3.57. The molecule has 1 rings (SSSR count). The van der Waals surface area contributed by atoms with Crippen molar-refractivity contribution in [3.63, 3.8) is 0 Å². The quantitative estimate of drug-likeness (QED) is 0.828. The van der Waals surface area contributed by atoms with Crippen LogP contribution in [0.4, 0.5) is 0 Å². The monoisotopic (exact) mass is 286 g/mol. The van der Waals surface area contributed by atoms with E-state index in [1.165, 1.54) is 6.07 Å². The summed E-state index contributed by atoms with van der Waals surface area (Å²) in [5, 5.41) is 0. The average Bonchev–Trinajstić information content (AvgIpc) is 2.30. The van der Waals surface area contributed by atoms with Crippen LogP contribution in [-0.4, -0.2) is 27.1 Å². The Kier molecular flexibility index (Phi) is 4.95. The second-order valence-electron chi connectivity index (χ2n) is 5.05. The van der Waals surface area contributed by atoms with Gasteiger partial charge in [0.25, 0.3) is 0 Å². The first-order chi connectivity index (χ1) is 8.72. The van der Waals surface area contributed by atoms with Crippen LogP contribution in [0.15, 0.2) is 23.1 Å². The molecule has 0 amide bonds. The predicted molar refractivity (Wildman–Crippen MR) is 75.8 cm³/mol. The van der Waals surface area contributed by atoms with Crippen LogP contribution in [0, 0.1) is 6.92 Å². The van der Waals surface area contributed by atoms with Crippen molar-refractivity contribution < 1.29 is 13.2 Å². The van der Waals surface area contributed by atoms with Crippen molar-refractivity contribution in [2.24, 2.45) is 5.73 Å². The van der Waals surface area contributed by atoms with Crippen LogP contribution < -0.4 is 15.2 Å². The molecular formula is C13H22N2O3S. The molecule has 1 aromatic carbocycles. The molecule has 0 aliphatic carbocycles. The third-order valence-corrected chi connectivity index (χ3v) is 4.37. The summed E-state index contributed by atoms with van der Waals surface area (Å²) in [6.07, 6.45) is 0. The molecule has 0 radical (unpaired) electrons. The fourth-order valence-electron chi connectivity index (χ4n) is 1.57. The Morgan fingerprint density at radius 3 is 2.47 bits per heavy atom. The van der Waals surface area contributed by atoms with Crippen molar-refractivity contribution in [2.75, 3.05) is 13.2 Å². The van der Waals surface area contributed by atoms with Gasteiger partial charge in [-0.2, -0.15) is 0 Å². The Hall–Kier alpha value is -1.11. The minimum absolute atomic E-state index is 0.218. The van der Waals surface area contributed by atoms with Gasteiger partial charge in [-0.1, -0.05) is 0 Å². The standard InChI is InChI=1S/C13H22N2O3S/c1-5-18-12-7-6-11(8-10(12)2)19(16,17)15-13(3,4)9-14/h6-8,15H,5,9,14H2,1-4H3. The Bertz CT molecular complexity index is 539. The van der Waals surface area contributed by atoms with Gasteiger partial charge in [0.15, 0.2) is 0 Å². The van der Waals surface area contributed by atoms with Gasteiger partial charge in [-0.25, -0.2) is 13.1 Å². The molecule has 0 saturated heterocycles. The molecule has 6 heteroatoms. The Morgan fingerprint density at radius 2 is 2.00 bits per heavy atom. The van der Waals surface area contributed by atoms with E-state index in [9.17, 15) is 8.42 Å². The molecule has 0 spiro atoms. The third kappa shape index (κ3) is 4.19. The van der Waals surface area contributed by atoms with Crippen molar-refractivity contribution in [2.45, 2.75) is 38.1 Å². The van der Waals surface area contributed by atoms with Crippen LogP contribution in [0.2, 0.25) is 0 Å². The molecule has 0 aliphatic heterocycles. The highest BCUT2D eigenvalue weighted by Crippen LogP contribution is 2.22. The lowest BCUT2D eigenvalue weighted by Gasteiger charge is -2.24. The van der Waals surface area contributed by atoms with Gasteiger partial charge in [0.2, 0.25) is 10.0 Å². The molecule has 0 heterocycles. The zero-order valence-corrected chi connectivity index (χ0v) is 12.7. The number of rotatable bonds is 6. The first kappa shape index (κ1) is 15.9. The topological polar surface area (TPSA) is 81.4 Å². The zero-order valence-electron chi connectivity index (χ0n) is 11.9. The van der Waals surface area contributed by atoms with E-state index in [1.807, 2.05) is 13.8 Å². The maximum absolute atomic E-state index is 12.2. The molecular weight excluding hydrogens is 264 g/mol. The second kappa shape index (κ2) is 5.90. The first-order valence-corrected chi connectivity index (χ1v) is 7.67. The number of hydrogen-bond acceptors (Lipinski definition) is 4. The van der Waals surface area contributed by atoms with E-state index in [2.05, 4.69) is 4.72 Å². The van der Waals surface area contributed by atoms with E-state index in [4.69, 9.17) is 10.5 Å². The van der Waals surface area contributed by atoms with Crippen LogP contribution in [-0.2, 0) is 10.0 Å². The molecule has 1 aromatic rings. The molecule has 5 nitrogen and oxygen atoms in total. The molecule has 0 unspecified atom stereocenters. The molecule has 108 valence electrons. The largest absolute Gasteiger partial charge is 0.494 e. The Labute approximate surface area is 115 Å². The van der Waals surface area contributed by atoms with Gasteiger partial charge in [0, 0.05) is 12.1 Å². The van der Waals surface area contributed by atoms with E-state index in [1.54, 1.807) is 26.0 Å². The van der Waals surface area contributed by atoms with Crippen LogP contribution in [0.3, 0.4) is 0 Å². The van der Waals surface area contributed by atoms with Gasteiger partial charge in [0.1, 0.15) is 5.75 Å². The number of sulfonamides is 1. The molecule has 0 saturated carbocycles. The Balaban J connectivity index is 3.06. The van der Waals surface area contributed by atoms with Gasteiger partial charge < -0.3 is 10.5 Å². The summed E-state index contributed by atoms with van der Waals surface area (Å²) in [6, 6.07) is 4.80. The van der Waals surface area contributed by atoms with Crippen LogP contribution in [0.5, 0.6) is 5.75 Å². The number of ether oxygens (including phenoxy) is 1. The maximum atomic E-state index is 12.2. The van der Waals surface area contributed by atoms with Crippen molar-refractivity contribution in [1.29, 1.82) is 0 Å². The van der Waals surface area contributed by atoms with E-state index < -0.39 is 15.6 Å². The summed E-state index contributed by atoms with van der Waals surface area (Å²) in [7, 11) is -3.57. The number of hydrogen-bond donors (Lipinski definition) is 2. The fraction of sp³-hybridized carbons (Fsp3) is 0.538.